The number of carbonyl (C=O) groups is 2. The van der Waals surface area contributed by atoms with Gasteiger partial charge in [0.1, 0.15) is 5.76 Å². The molecule has 0 saturated carbocycles. The first-order valence-electron chi connectivity index (χ1n) is 11.7. The van der Waals surface area contributed by atoms with Crippen LogP contribution in [0.25, 0.3) is 10.2 Å². The number of aryl methyl sites for hydroxylation is 1. The lowest BCUT2D eigenvalue weighted by molar-refractivity contribution is -0.114. The molecule has 8 nitrogen and oxygen atoms in total. The second kappa shape index (κ2) is 11.0. The van der Waals surface area contributed by atoms with Gasteiger partial charge in [-0.3, -0.25) is 14.9 Å². The van der Waals surface area contributed by atoms with E-state index in [0.29, 0.717) is 38.5 Å². The second-order valence-corrected chi connectivity index (χ2v) is 10.6. The van der Waals surface area contributed by atoms with E-state index in [1.54, 1.807) is 19.1 Å². The van der Waals surface area contributed by atoms with Gasteiger partial charge in [-0.05, 0) is 50.2 Å². The molecule has 0 saturated heterocycles. The summed E-state index contributed by atoms with van der Waals surface area (Å²) >= 11 is 2.58. The van der Waals surface area contributed by atoms with Crippen LogP contribution in [0.15, 0.2) is 93.2 Å². The van der Waals surface area contributed by atoms with E-state index in [-0.39, 0.29) is 17.6 Å². The van der Waals surface area contributed by atoms with Gasteiger partial charge in [-0.2, -0.15) is 5.26 Å². The van der Waals surface area contributed by atoms with Crippen molar-refractivity contribution in [1.29, 1.82) is 5.26 Å². The number of furan rings is 1. The summed E-state index contributed by atoms with van der Waals surface area (Å²) < 4.78 is 6.62. The molecule has 0 spiro atoms. The lowest BCUT2D eigenvalue weighted by Gasteiger charge is -2.28. The summed E-state index contributed by atoms with van der Waals surface area (Å²) in [5.41, 5.74) is 3.80. The predicted octanol–water partition coefficient (Wildman–Crippen LogP) is 5.90. The number of nitrogens with zero attached hydrogens (tertiary/aromatic N) is 2. The zero-order valence-corrected chi connectivity index (χ0v) is 22.2. The predicted molar refractivity (Wildman–Crippen MR) is 150 cm³/mol. The van der Waals surface area contributed by atoms with Crippen LogP contribution in [0.2, 0.25) is 0 Å². The average molecular weight is 542 g/mol. The van der Waals surface area contributed by atoms with E-state index in [4.69, 9.17) is 4.42 Å². The Kier molecular flexibility index (Phi) is 7.31. The van der Waals surface area contributed by atoms with Crippen molar-refractivity contribution in [2.24, 2.45) is 0 Å². The van der Waals surface area contributed by atoms with Crippen molar-refractivity contribution >= 4 is 55.9 Å². The van der Waals surface area contributed by atoms with Crippen LogP contribution < -0.4 is 16.0 Å². The number of thiazole rings is 1. The molecule has 5 rings (SSSR count). The Labute approximate surface area is 227 Å². The molecular weight excluding hydrogens is 518 g/mol. The molecule has 190 valence electrons. The smallest absolute Gasteiger partial charge is 0.256 e. The zero-order valence-electron chi connectivity index (χ0n) is 20.6. The number of dihydropyridines is 1. The second-order valence-electron chi connectivity index (χ2n) is 8.61. The number of nitrogens with one attached hydrogen (secondary N) is 3. The third-order valence-corrected chi connectivity index (χ3v) is 7.89. The highest BCUT2D eigenvalue weighted by Crippen LogP contribution is 2.41. The molecule has 0 radical (unpaired) electrons. The van der Waals surface area contributed by atoms with Gasteiger partial charge < -0.3 is 15.1 Å². The highest BCUT2D eigenvalue weighted by Gasteiger charge is 2.36. The Hall–Kier alpha value is -4.33. The van der Waals surface area contributed by atoms with Crippen LogP contribution in [0.5, 0.6) is 0 Å². The summed E-state index contributed by atoms with van der Waals surface area (Å²) in [4.78, 5) is 30.6. The van der Waals surface area contributed by atoms with Gasteiger partial charge in [0, 0.05) is 11.4 Å². The van der Waals surface area contributed by atoms with Crippen LogP contribution in [0.3, 0.4) is 0 Å². The maximum atomic E-state index is 13.5. The fourth-order valence-corrected chi connectivity index (χ4v) is 5.88. The fraction of sp³-hybridized carbons (Fsp3) is 0.143. The minimum Gasteiger partial charge on any atom is -0.468 e. The number of aromatic nitrogens is 1. The SMILES string of the molecule is CC1=C(C(=O)Nc2nc3ccccc3s2)C(c2ccco2)C(C#N)=C(SCC(=O)Nc2ccc(C)cc2)N1. The van der Waals surface area contributed by atoms with E-state index in [0.717, 1.165) is 15.8 Å². The molecule has 3 heterocycles. The summed E-state index contributed by atoms with van der Waals surface area (Å²) in [6, 6.07) is 20.8. The lowest BCUT2D eigenvalue weighted by Crippen LogP contribution is -2.31. The molecule has 3 N–H and O–H groups in total. The first kappa shape index (κ1) is 25.3. The molecule has 1 aliphatic rings. The van der Waals surface area contributed by atoms with Crippen molar-refractivity contribution in [2.45, 2.75) is 19.8 Å². The average Bonchev–Trinajstić information content (AvgIpc) is 3.58. The quantitative estimate of drug-likeness (QED) is 0.266. The number of hydrogen-bond acceptors (Lipinski definition) is 8. The minimum absolute atomic E-state index is 0.0762. The van der Waals surface area contributed by atoms with Crippen LogP contribution in [-0.4, -0.2) is 22.6 Å². The number of rotatable bonds is 7. The normalized spacial score (nSPS) is 15.2. The molecule has 1 aliphatic heterocycles. The molecule has 0 bridgehead atoms. The van der Waals surface area contributed by atoms with Gasteiger partial charge in [0.05, 0.1) is 50.4 Å². The van der Waals surface area contributed by atoms with E-state index < -0.39 is 5.92 Å². The highest BCUT2D eigenvalue weighted by atomic mass is 32.2. The zero-order chi connectivity index (χ0) is 26.6. The molecule has 1 atom stereocenters. The van der Waals surface area contributed by atoms with E-state index >= 15 is 0 Å². The van der Waals surface area contributed by atoms with Crippen LogP contribution in [0.4, 0.5) is 10.8 Å². The molecular formula is C28H23N5O3S2. The van der Waals surface area contributed by atoms with Gasteiger partial charge in [0.25, 0.3) is 5.91 Å². The lowest BCUT2D eigenvalue weighted by atomic mass is 9.85. The number of fused-ring (bicyclic) bond motifs is 1. The number of allylic oxidation sites excluding steroid dienone is 2. The third kappa shape index (κ3) is 5.34. The Balaban J connectivity index is 1.39. The van der Waals surface area contributed by atoms with Crippen molar-refractivity contribution in [3.05, 3.63) is 100 Å². The van der Waals surface area contributed by atoms with E-state index in [2.05, 4.69) is 27.0 Å². The summed E-state index contributed by atoms with van der Waals surface area (Å²) in [6.45, 7) is 3.75. The van der Waals surface area contributed by atoms with Crippen molar-refractivity contribution in [1.82, 2.24) is 10.3 Å². The van der Waals surface area contributed by atoms with Gasteiger partial charge in [-0.25, -0.2) is 4.98 Å². The third-order valence-electron chi connectivity index (χ3n) is 5.92. The molecule has 2 amide bonds. The maximum Gasteiger partial charge on any atom is 0.256 e. The first-order chi connectivity index (χ1) is 18.4. The summed E-state index contributed by atoms with van der Waals surface area (Å²) in [5.74, 6) is -0.801. The maximum absolute atomic E-state index is 13.5. The number of nitriles is 1. The topological polar surface area (TPSA) is 120 Å². The highest BCUT2D eigenvalue weighted by molar-refractivity contribution is 8.03. The molecule has 1 unspecified atom stereocenters. The number of carbonyl (C=O) groups excluding carboxylic acids is 2. The van der Waals surface area contributed by atoms with Gasteiger partial charge in [-0.15, -0.1) is 0 Å². The van der Waals surface area contributed by atoms with Crippen LogP contribution in [0.1, 0.15) is 24.2 Å². The van der Waals surface area contributed by atoms with Crippen LogP contribution >= 0.6 is 23.1 Å². The Morgan fingerprint density at radius 1 is 1.11 bits per heavy atom. The van der Waals surface area contributed by atoms with Crippen LogP contribution in [0, 0.1) is 18.3 Å². The first-order valence-corrected chi connectivity index (χ1v) is 13.5. The summed E-state index contributed by atoms with van der Waals surface area (Å²) in [7, 11) is 0. The molecule has 4 aromatic rings. The number of anilines is 2. The van der Waals surface area contributed by atoms with Gasteiger partial charge in [-0.1, -0.05) is 52.9 Å². The molecule has 38 heavy (non-hydrogen) atoms. The van der Waals surface area contributed by atoms with Gasteiger partial charge in [0.2, 0.25) is 5.91 Å². The Bertz CT molecular complexity index is 1580. The Morgan fingerprint density at radius 2 is 1.89 bits per heavy atom. The molecule has 2 aromatic carbocycles. The largest absolute Gasteiger partial charge is 0.468 e. The number of benzene rings is 2. The summed E-state index contributed by atoms with van der Waals surface area (Å²) in [6.07, 6.45) is 1.51. The monoisotopic (exact) mass is 541 g/mol. The van der Waals surface area contributed by atoms with Crippen molar-refractivity contribution in [2.75, 3.05) is 16.4 Å². The van der Waals surface area contributed by atoms with Crippen molar-refractivity contribution < 1.29 is 14.0 Å². The molecule has 2 aromatic heterocycles. The number of hydrogen-bond donors (Lipinski definition) is 3. The number of thioether (sulfide) groups is 1. The number of para-hydroxylation sites is 1. The van der Waals surface area contributed by atoms with Gasteiger partial charge >= 0.3 is 0 Å². The standard InChI is InChI=1S/C28H23N5O3S2/c1-16-9-11-18(12-10-16)31-23(34)15-37-27-19(14-29)25(21-7-5-13-36-21)24(17(2)30-27)26(35)33-28-32-20-6-3-4-8-22(20)38-28/h3-13,25,30H,15H2,1-2H3,(H,31,34)(H,32,33,35). The molecule has 10 heteroatoms. The number of amides is 2. The van der Waals surface area contributed by atoms with E-state index in [1.165, 1.54) is 29.4 Å². The van der Waals surface area contributed by atoms with Crippen molar-refractivity contribution in [3.8, 4) is 6.07 Å². The van der Waals surface area contributed by atoms with Crippen molar-refractivity contribution in [3.63, 3.8) is 0 Å². The van der Waals surface area contributed by atoms with Crippen LogP contribution in [-0.2, 0) is 9.59 Å². The molecule has 0 aliphatic carbocycles. The Morgan fingerprint density at radius 3 is 2.61 bits per heavy atom. The summed E-state index contributed by atoms with van der Waals surface area (Å²) in [5, 5.41) is 20.1. The van der Waals surface area contributed by atoms with Gasteiger partial charge in [0.15, 0.2) is 5.13 Å². The minimum atomic E-state index is -0.742. The molecule has 0 fully saturated rings. The van der Waals surface area contributed by atoms with E-state index in [9.17, 15) is 14.9 Å². The van der Waals surface area contributed by atoms with E-state index in [1.807, 2.05) is 55.5 Å². The fourth-order valence-electron chi connectivity index (χ4n) is 4.13.